The van der Waals surface area contributed by atoms with Gasteiger partial charge in [0, 0.05) is 30.1 Å². The molecule has 0 bridgehead atoms. The second kappa shape index (κ2) is 10.6. The molecule has 2 aliphatic rings. The Hall–Kier alpha value is -2.74. The zero-order valence-electron chi connectivity index (χ0n) is 16.8. The minimum Gasteiger partial charge on any atom is -0.265 e. The fourth-order valence-corrected chi connectivity index (χ4v) is 3.11. The van der Waals surface area contributed by atoms with Crippen molar-refractivity contribution in [2.75, 3.05) is 0 Å². The number of pyridine rings is 2. The molecule has 1 aromatic carbocycles. The van der Waals surface area contributed by atoms with Gasteiger partial charge in [0.05, 0.1) is 5.69 Å². The first-order valence-corrected chi connectivity index (χ1v) is 10.3. The topological polar surface area (TPSA) is 25.8 Å². The fraction of sp³-hybridized carbons (Fsp3) is 0.308. The highest BCUT2D eigenvalue weighted by Crippen LogP contribution is 2.46. The van der Waals surface area contributed by atoms with Crippen molar-refractivity contribution in [3.63, 3.8) is 0 Å². The standard InChI is InChI=1S/C20H18N2.2C3H6/c1-2-4-15(5-3-1)19-9-8-18(14-22-19)20(16-6-7-16)17-10-12-21-13-11-17;1-2-3-1;1-3-2/h1-5,8-14,16,20H,6-7H2;1-3H2;3H,1H2,2H3. The van der Waals surface area contributed by atoms with Crippen LogP contribution in [0.4, 0.5) is 0 Å². The van der Waals surface area contributed by atoms with Crippen LogP contribution in [0.25, 0.3) is 11.3 Å². The highest BCUT2D eigenvalue weighted by Gasteiger charge is 2.33. The van der Waals surface area contributed by atoms with Gasteiger partial charge in [-0.2, -0.15) is 0 Å². The van der Waals surface area contributed by atoms with Gasteiger partial charge in [0.2, 0.25) is 0 Å². The Bertz CT molecular complexity index is 817. The van der Waals surface area contributed by atoms with E-state index in [-0.39, 0.29) is 0 Å². The summed E-state index contributed by atoms with van der Waals surface area (Å²) in [6.45, 7) is 5.25. The van der Waals surface area contributed by atoms with Crippen molar-refractivity contribution in [2.24, 2.45) is 5.92 Å². The Labute approximate surface area is 169 Å². The average molecular weight is 371 g/mol. The zero-order chi connectivity index (χ0) is 19.6. The van der Waals surface area contributed by atoms with E-state index in [1.807, 2.05) is 31.6 Å². The summed E-state index contributed by atoms with van der Waals surface area (Å²) in [7, 11) is 0. The molecular weight excluding hydrogens is 340 g/mol. The third-order valence-corrected chi connectivity index (χ3v) is 4.73. The smallest absolute Gasteiger partial charge is 0.0702 e. The number of nitrogens with zero attached hydrogens (tertiary/aromatic N) is 2. The van der Waals surface area contributed by atoms with Crippen LogP contribution in [-0.2, 0) is 0 Å². The molecule has 2 aromatic heterocycles. The van der Waals surface area contributed by atoms with E-state index in [0.29, 0.717) is 5.92 Å². The first kappa shape index (κ1) is 20.0. The van der Waals surface area contributed by atoms with E-state index in [2.05, 4.69) is 65.1 Å². The quantitative estimate of drug-likeness (QED) is 0.460. The van der Waals surface area contributed by atoms with Crippen LogP contribution in [0, 0.1) is 5.92 Å². The molecule has 0 aliphatic heterocycles. The number of benzene rings is 1. The molecule has 3 aromatic rings. The molecule has 2 saturated carbocycles. The first-order valence-electron chi connectivity index (χ1n) is 10.3. The minimum atomic E-state index is 0.459. The van der Waals surface area contributed by atoms with Gasteiger partial charge in [-0.1, -0.05) is 61.7 Å². The van der Waals surface area contributed by atoms with Crippen LogP contribution in [-0.4, -0.2) is 9.97 Å². The van der Waals surface area contributed by atoms with Crippen LogP contribution < -0.4 is 0 Å². The van der Waals surface area contributed by atoms with E-state index < -0.39 is 0 Å². The second-order valence-corrected chi connectivity index (χ2v) is 7.41. The number of allylic oxidation sites excluding steroid dienone is 1. The van der Waals surface area contributed by atoms with Gasteiger partial charge in [-0.15, -0.1) is 6.58 Å². The van der Waals surface area contributed by atoms with Gasteiger partial charge in [0.1, 0.15) is 0 Å². The molecule has 28 heavy (non-hydrogen) atoms. The summed E-state index contributed by atoms with van der Waals surface area (Å²) in [4.78, 5) is 8.83. The normalized spacial score (nSPS) is 15.2. The van der Waals surface area contributed by atoms with Gasteiger partial charge in [-0.05, 0) is 55.0 Å². The Balaban J connectivity index is 0.000000327. The minimum absolute atomic E-state index is 0.459. The number of hydrogen-bond acceptors (Lipinski definition) is 2. The van der Waals surface area contributed by atoms with Crippen molar-refractivity contribution >= 4 is 0 Å². The van der Waals surface area contributed by atoms with Gasteiger partial charge in [-0.3, -0.25) is 9.97 Å². The molecule has 0 spiro atoms. The molecule has 0 amide bonds. The van der Waals surface area contributed by atoms with Gasteiger partial charge in [0.25, 0.3) is 0 Å². The Morgan fingerprint density at radius 2 is 1.54 bits per heavy atom. The summed E-state index contributed by atoms with van der Waals surface area (Å²) in [6.07, 6.45) is 14.7. The van der Waals surface area contributed by atoms with Gasteiger partial charge in [0.15, 0.2) is 0 Å². The van der Waals surface area contributed by atoms with Crippen LogP contribution in [0.1, 0.15) is 56.1 Å². The summed E-state index contributed by atoms with van der Waals surface area (Å²) in [5.41, 5.74) is 4.87. The summed E-state index contributed by atoms with van der Waals surface area (Å²) >= 11 is 0. The van der Waals surface area contributed by atoms with Crippen LogP contribution in [0.3, 0.4) is 0 Å². The molecule has 2 aliphatic carbocycles. The predicted molar refractivity (Wildman–Crippen MR) is 118 cm³/mol. The number of rotatable bonds is 4. The van der Waals surface area contributed by atoms with Crippen molar-refractivity contribution in [2.45, 2.75) is 44.9 Å². The second-order valence-electron chi connectivity index (χ2n) is 7.41. The van der Waals surface area contributed by atoms with Gasteiger partial charge < -0.3 is 0 Å². The molecule has 2 fully saturated rings. The molecule has 2 heteroatoms. The van der Waals surface area contributed by atoms with Crippen molar-refractivity contribution in [3.05, 3.63) is 97.0 Å². The molecular formula is C26H30N2. The maximum atomic E-state index is 4.69. The molecule has 0 N–H and O–H groups in total. The summed E-state index contributed by atoms with van der Waals surface area (Å²) in [5.74, 6) is 1.21. The molecule has 5 rings (SSSR count). The van der Waals surface area contributed by atoms with Crippen LogP contribution in [0.5, 0.6) is 0 Å². The lowest BCUT2D eigenvalue weighted by molar-refractivity contribution is 0.700. The fourth-order valence-electron chi connectivity index (χ4n) is 3.11. The average Bonchev–Trinajstić information content (AvgIpc) is 3.64. The SMILES string of the molecule is C1CC1.C=CC.c1ccc(-c2ccc(C(c3ccncc3)C3CC3)cn2)cc1. The van der Waals surface area contributed by atoms with E-state index in [9.17, 15) is 0 Å². The van der Waals surface area contributed by atoms with E-state index in [1.165, 1.54) is 48.8 Å². The van der Waals surface area contributed by atoms with Crippen molar-refractivity contribution in [3.8, 4) is 11.3 Å². The van der Waals surface area contributed by atoms with Crippen molar-refractivity contribution in [1.29, 1.82) is 0 Å². The highest BCUT2D eigenvalue weighted by atomic mass is 14.7. The summed E-state index contributed by atoms with van der Waals surface area (Å²) in [5, 5.41) is 0. The van der Waals surface area contributed by atoms with E-state index in [0.717, 1.165) is 11.6 Å². The number of hydrogen-bond donors (Lipinski definition) is 0. The maximum Gasteiger partial charge on any atom is 0.0702 e. The number of aromatic nitrogens is 2. The lowest BCUT2D eigenvalue weighted by Crippen LogP contribution is -2.04. The van der Waals surface area contributed by atoms with E-state index >= 15 is 0 Å². The summed E-state index contributed by atoms with van der Waals surface area (Å²) in [6, 6.07) is 19.0. The third kappa shape index (κ3) is 6.16. The molecule has 1 unspecified atom stereocenters. The Kier molecular flexibility index (Phi) is 7.54. The zero-order valence-corrected chi connectivity index (χ0v) is 16.8. The molecule has 0 saturated heterocycles. The molecule has 0 radical (unpaired) electrons. The van der Waals surface area contributed by atoms with Crippen LogP contribution in [0.2, 0.25) is 0 Å². The lowest BCUT2D eigenvalue weighted by Gasteiger charge is -2.17. The van der Waals surface area contributed by atoms with Crippen LogP contribution >= 0.6 is 0 Å². The van der Waals surface area contributed by atoms with Gasteiger partial charge in [-0.25, -0.2) is 0 Å². The monoisotopic (exact) mass is 370 g/mol. The van der Waals surface area contributed by atoms with E-state index in [4.69, 9.17) is 0 Å². The molecule has 2 heterocycles. The third-order valence-electron chi connectivity index (χ3n) is 4.73. The van der Waals surface area contributed by atoms with Crippen LogP contribution in [0.15, 0.2) is 85.8 Å². The van der Waals surface area contributed by atoms with E-state index in [1.54, 1.807) is 6.08 Å². The van der Waals surface area contributed by atoms with Gasteiger partial charge >= 0.3 is 0 Å². The lowest BCUT2D eigenvalue weighted by atomic mass is 9.88. The van der Waals surface area contributed by atoms with Crippen molar-refractivity contribution < 1.29 is 0 Å². The maximum absolute atomic E-state index is 4.69. The van der Waals surface area contributed by atoms with Crippen molar-refractivity contribution in [1.82, 2.24) is 9.97 Å². The molecule has 1 atom stereocenters. The largest absolute Gasteiger partial charge is 0.265 e. The Morgan fingerprint density at radius 1 is 0.893 bits per heavy atom. The summed E-state index contributed by atoms with van der Waals surface area (Å²) < 4.78 is 0. The molecule has 2 nitrogen and oxygen atoms in total. The first-order chi connectivity index (χ1) is 13.8. The predicted octanol–water partition coefficient (Wildman–Crippen LogP) is 7.05. The highest BCUT2D eigenvalue weighted by molar-refractivity contribution is 5.59. The Morgan fingerprint density at radius 3 is 2.04 bits per heavy atom. The molecule has 144 valence electrons.